The van der Waals surface area contributed by atoms with Crippen LogP contribution in [0.15, 0.2) is 10.9 Å². The first-order chi connectivity index (χ1) is 7.33. The molecule has 1 aromatic heterocycles. The van der Waals surface area contributed by atoms with Crippen LogP contribution in [0.2, 0.25) is 0 Å². The smallest absolute Gasteiger partial charge is 0.273 e. The molecule has 0 radical (unpaired) electrons. The van der Waals surface area contributed by atoms with Crippen molar-refractivity contribution < 1.29 is 4.79 Å². The molecule has 4 heteroatoms. The summed E-state index contributed by atoms with van der Waals surface area (Å²) in [5, 5.41) is 1.83. The lowest BCUT2D eigenvalue weighted by Gasteiger charge is -2.26. The predicted molar refractivity (Wildman–Crippen MR) is 61.1 cm³/mol. The van der Waals surface area contributed by atoms with Crippen molar-refractivity contribution in [2.24, 2.45) is 0 Å². The molecule has 1 aromatic rings. The fraction of sp³-hybridized carbons (Fsp3) is 0.636. The standard InChI is InChI=1S/C11H16N2OS/c1-2-13(9-5-3-4-6-9)11(14)10-7-15-8-12-10/h7-9H,2-6H2,1H3. The maximum Gasteiger partial charge on any atom is 0.273 e. The van der Waals surface area contributed by atoms with E-state index in [4.69, 9.17) is 0 Å². The second-order valence-electron chi connectivity index (χ2n) is 3.90. The van der Waals surface area contributed by atoms with Crippen molar-refractivity contribution in [2.75, 3.05) is 6.54 Å². The van der Waals surface area contributed by atoms with Crippen LogP contribution in [0.1, 0.15) is 43.1 Å². The van der Waals surface area contributed by atoms with Gasteiger partial charge in [-0.15, -0.1) is 11.3 Å². The van der Waals surface area contributed by atoms with Gasteiger partial charge in [0.25, 0.3) is 5.91 Å². The van der Waals surface area contributed by atoms with E-state index < -0.39 is 0 Å². The highest BCUT2D eigenvalue weighted by atomic mass is 32.1. The Morgan fingerprint density at radius 2 is 2.33 bits per heavy atom. The van der Waals surface area contributed by atoms with Crippen LogP contribution in [0.3, 0.4) is 0 Å². The van der Waals surface area contributed by atoms with Crippen molar-refractivity contribution in [3.05, 3.63) is 16.6 Å². The van der Waals surface area contributed by atoms with Gasteiger partial charge in [0.05, 0.1) is 5.51 Å². The second kappa shape index (κ2) is 4.75. The summed E-state index contributed by atoms with van der Waals surface area (Å²) in [6.45, 7) is 2.84. The van der Waals surface area contributed by atoms with E-state index >= 15 is 0 Å². The number of nitrogens with zero attached hydrogens (tertiary/aromatic N) is 2. The molecule has 15 heavy (non-hydrogen) atoms. The zero-order valence-corrected chi connectivity index (χ0v) is 9.80. The molecule has 3 nitrogen and oxygen atoms in total. The van der Waals surface area contributed by atoms with E-state index in [0.29, 0.717) is 11.7 Å². The third-order valence-corrected chi connectivity index (χ3v) is 3.60. The van der Waals surface area contributed by atoms with Crippen LogP contribution in [-0.2, 0) is 0 Å². The lowest BCUT2D eigenvalue weighted by atomic mass is 10.2. The average molecular weight is 224 g/mol. The summed E-state index contributed by atoms with van der Waals surface area (Å²) >= 11 is 1.48. The molecule has 0 spiro atoms. The van der Waals surface area contributed by atoms with Crippen LogP contribution in [-0.4, -0.2) is 28.4 Å². The summed E-state index contributed by atoms with van der Waals surface area (Å²) in [6, 6.07) is 0.448. The van der Waals surface area contributed by atoms with E-state index in [2.05, 4.69) is 4.98 Å². The lowest BCUT2D eigenvalue weighted by molar-refractivity contribution is 0.0688. The molecular formula is C11H16N2OS. The average Bonchev–Trinajstić information content (AvgIpc) is 2.91. The molecule has 1 amide bonds. The monoisotopic (exact) mass is 224 g/mol. The number of carbonyl (C=O) groups excluding carboxylic acids is 1. The van der Waals surface area contributed by atoms with E-state index in [1.165, 1.54) is 24.2 Å². The zero-order chi connectivity index (χ0) is 10.7. The summed E-state index contributed by atoms with van der Waals surface area (Å²) in [4.78, 5) is 18.2. The molecule has 1 aliphatic rings. The van der Waals surface area contributed by atoms with Crippen molar-refractivity contribution in [3.8, 4) is 0 Å². The van der Waals surface area contributed by atoms with Crippen molar-refractivity contribution in [2.45, 2.75) is 38.6 Å². The summed E-state index contributed by atoms with van der Waals surface area (Å²) in [5.41, 5.74) is 2.32. The Bertz CT molecular complexity index is 317. The molecule has 0 aromatic carbocycles. The Labute approximate surface area is 94.1 Å². The third-order valence-electron chi connectivity index (χ3n) is 3.02. The first-order valence-electron chi connectivity index (χ1n) is 5.52. The Kier molecular flexibility index (Phi) is 3.36. The number of hydrogen-bond acceptors (Lipinski definition) is 3. The zero-order valence-electron chi connectivity index (χ0n) is 8.98. The van der Waals surface area contributed by atoms with E-state index in [1.54, 1.807) is 5.51 Å². The molecule has 0 saturated heterocycles. The number of rotatable bonds is 3. The van der Waals surface area contributed by atoms with Gasteiger partial charge in [-0.2, -0.15) is 0 Å². The first kappa shape index (κ1) is 10.6. The summed E-state index contributed by atoms with van der Waals surface area (Å²) in [7, 11) is 0. The Morgan fingerprint density at radius 3 is 2.87 bits per heavy atom. The molecule has 0 N–H and O–H groups in total. The number of thiazole rings is 1. The van der Waals surface area contributed by atoms with Gasteiger partial charge in [-0.1, -0.05) is 12.8 Å². The van der Waals surface area contributed by atoms with Gasteiger partial charge in [-0.05, 0) is 19.8 Å². The van der Waals surface area contributed by atoms with E-state index in [9.17, 15) is 4.79 Å². The second-order valence-corrected chi connectivity index (χ2v) is 4.62. The van der Waals surface area contributed by atoms with Gasteiger partial charge >= 0.3 is 0 Å². The molecule has 0 atom stereocenters. The van der Waals surface area contributed by atoms with Gasteiger partial charge in [0.2, 0.25) is 0 Å². The molecule has 0 aliphatic heterocycles. The molecule has 0 bridgehead atoms. The van der Waals surface area contributed by atoms with E-state index in [-0.39, 0.29) is 5.91 Å². The predicted octanol–water partition coefficient (Wildman–Crippen LogP) is 2.55. The lowest BCUT2D eigenvalue weighted by Crippen LogP contribution is -2.38. The Balaban J connectivity index is 2.09. The van der Waals surface area contributed by atoms with Gasteiger partial charge in [-0.3, -0.25) is 4.79 Å². The van der Waals surface area contributed by atoms with Gasteiger partial charge in [0.15, 0.2) is 0 Å². The maximum atomic E-state index is 12.1. The molecule has 2 rings (SSSR count). The Morgan fingerprint density at radius 1 is 1.60 bits per heavy atom. The van der Waals surface area contributed by atoms with Gasteiger partial charge in [0, 0.05) is 18.0 Å². The van der Waals surface area contributed by atoms with Crippen LogP contribution >= 0.6 is 11.3 Å². The minimum atomic E-state index is 0.102. The molecule has 1 fully saturated rings. The molecule has 82 valence electrons. The van der Waals surface area contributed by atoms with Crippen molar-refractivity contribution in [1.82, 2.24) is 9.88 Å². The fourth-order valence-electron chi connectivity index (χ4n) is 2.25. The topological polar surface area (TPSA) is 33.2 Å². The molecule has 1 saturated carbocycles. The van der Waals surface area contributed by atoms with Crippen LogP contribution in [0.4, 0.5) is 0 Å². The largest absolute Gasteiger partial charge is 0.335 e. The third kappa shape index (κ3) is 2.20. The number of amides is 1. The van der Waals surface area contributed by atoms with Crippen LogP contribution in [0.5, 0.6) is 0 Å². The highest BCUT2D eigenvalue weighted by molar-refractivity contribution is 7.07. The minimum absolute atomic E-state index is 0.102. The molecule has 0 unspecified atom stereocenters. The number of carbonyl (C=O) groups is 1. The van der Waals surface area contributed by atoms with Gasteiger partial charge in [0.1, 0.15) is 5.69 Å². The first-order valence-corrected chi connectivity index (χ1v) is 6.46. The summed E-state index contributed by atoms with van der Waals surface area (Å²) < 4.78 is 0. The van der Waals surface area contributed by atoms with Crippen LogP contribution in [0, 0.1) is 0 Å². The summed E-state index contributed by atoms with van der Waals surface area (Å²) in [6.07, 6.45) is 4.82. The van der Waals surface area contributed by atoms with Crippen LogP contribution < -0.4 is 0 Å². The van der Waals surface area contributed by atoms with Crippen molar-refractivity contribution in [3.63, 3.8) is 0 Å². The SMILES string of the molecule is CCN(C(=O)c1cscn1)C1CCCC1. The highest BCUT2D eigenvalue weighted by Crippen LogP contribution is 2.24. The number of hydrogen-bond donors (Lipinski definition) is 0. The summed E-state index contributed by atoms with van der Waals surface area (Å²) in [5.74, 6) is 0.102. The number of aromatic nitrogens is 1. The molecular weight excluding hydrogens is 208 g/mol. The normalized spacial score (nSPS) is 16.9. The highest BCUT2D eigenvalue weighted by Gasteiger charge is 2.26. The van der Waals surface area contributed by atoms with E-state index in [0.717, 1.165) is 19.4 Å². The van der Waals surface area contributed by atoms with Gasteiger partial charge in [-0.25, -0.2) is 4.98 Å². The molecule has 1 aliphatic carbocycles. The van der Waals surface area contributed by atoms with Crippen molar-refractivity contribution in [1.29, 1.82) is 0 Å². The Hall–Kier alpha value is -0.900. The van der Waals surface area contributed by atoms with Crippen molar-refractivity contribution >= 4 is 17.2 Å². The maximum absolute atomic E-state index is 12.1. The fourth-order valence-corrected chi connectivity index (χ4v) is 2.77. The van der Waals surface area contributed by atoms with Gasteiger partial charge < -0.3 is 4.90 Å². The van der Waals surface area contributed by atoms with E-state index in [1.807, 2.05) is 17.2 Å². The quantitative estimate of drug-likeness (QED) is 0.790. The molecule has 1 heterocycles. The van der Waals surface area contributed by atoms with Crippen LogP contribution in [0.25, 0.3) is 0 Å². The minimum Gasteiger partial charge on any atom is -0.335 e.